The van der Waals surface area contributed by atoms with Crippen molar-refractivity contribution < 1.29 is 10.2 Å². The fraction of sp³-hybridized carbons (Fsp3) is 0. The summed E-state index contributed by atoms with van der Waals surface area (Å²) in [4.78, 5) is 8.77. The molecular formula is C20H14Cl2N2O2. The van der Waals surface area contributed by atoms with Crippen LogP contribution in [0.15, 0.2) is 70.6 Å². The number of para-hydroxylation sites is 2. The highest BCUT2D eigenvalue weighted by molar-refractivity contribution is 6.31. The quantitative estimate of drug-likeness (QED) is 0.549. The van der Waals surface area contributed by atoms with Crippen LogP contribution in [0, 0.1) is 0 Å². The minimum absolute atomic E-state index is 0.0861. The van der Waals surface area contributed by atoms with Gasteiger partial charge >= 0.3 is 0 Å². The fourth-order valence-electron chi connectivity index (χ4n) is 2.22. The van der Waals surface area contributed by atoms with E-state index in [0.717, 1.165) is 0 Å². The molecule has 0 aromatic heterocycles. The number of nitrogens with zero attached hydrogens (tertiary/aromatic N) is 2. The zero-order valence-electron chi connectivity index (χ0n) is 13.5. The Bertz CT molecular complexity index is 920. The van der Waals surface area contributed by atoms with Crippen molar-refractivity contribution >= 4 is 47.0 Å². The Morgan fingerprint density at radius 3 is 1.50 bits per heavy atom. The van der Waals surface area contributed by atoms with Crippen LogP contribution < -0.4 is 0 Å². The lowest BCUT2D eigenvalue weighted by Crippen LogP contribution is -1.83. The van der Waals surface area contributed by atoms with Crippen molar-refractivity contribution in [2.75, 3.05) is 0 Å². The van der Waals surface area contributed by atoms with E-state index in [9.17, 15) is 10.2 Å². The Morgan fingerprint density at radius 2 is 1.08 bits per heavy atom. The molecule has 3 aromatic carbocycles. The average Bonchev–Trinajstić information content (AvgIpc) is 2.64. The number of rotatable bonds is 4. The maximum atomic E-state index is 9.87. The summed E-state index contributed by atoms with van der Waals surface area (Å²) in [6.07, 6.45) is 3.04. The number of hydrogen-bond acceptors (Lipinski definition) is 4. The summed E-state index contributed by atoms with van der Waals surface area (Å²) in [6.45, 7) is 0. The summed E-state index contributed by atoms with van der Waals surface area (Å²) in [5.41, 5.74) is 2.21. The van der Waals surface area contributed by atoms with Gasteiger partial charge in [-0.1, -0.05) is 35.3 Å². The van der Waals surface area contributed by atoms with Crippen LogP contribution in [0.3, 0.4) is 0 Å². The lowest BCUT2D eigenvalue weighted by Gasteiger charge is -2.02. The van der Waals surface area contributed by atoms with Crippen LogP contribution in [0.1, 0.15) is 11.1 Å². The number of aliphatic imine (C=N–C) groups is 2. The van der Waals surface area contributed by atoms with Crippen molar-refractivity contribution in [2.24, 2.45) is 9.98 Å². The number of benzene rings is 3. The molecule has 2 N–H and O–H groups in total. The highest BCUT2D eigenvalue weighted by Gasteiger charge is 2.03. The minimum atomic E-state index is 0.0861. The van der Waals surface area contributed by atoms with Gasteiger partial charge in [0, 0.05) is 33.6 Å². The largest absolute Gasteiger partial charge is 0.507 e. The summed E-state index contributed by atoms with van der Waals surface area (Å²) in [7, 11) is 0. The van der Waals surface area contributed by atoms with E-state index in [1.54, 1.807) is 36.4 Å². The van der Waals surface area contributed by atoms with E-state index in [1.807, 2.05) is 12.1 Å². The van der Waals surface area contributed by atoms with E-state index in [1.165, 1.54) is 24.6 Å². The Balaban J connectivity index is 1.91. The normalized spacial score (nSPS) is 11.5. The van der Waals surface area contributed by atoms with Crippen molar-refractivity contribution in [2.45, 2.75) is 0 Å². The average molecular weight is 385 g/mol. The van der Waals surface area contributed by atoms with Gasteiger partial charge in [-0.2, -0.15) is 0 Å². The fourth-order valence-corrected chi connectivity index (χ4v) is 2.58. The number of aromatic hydroxyl groups is 2. The van der Waals surface area contributed by atoms with E-state index in [2.05, 4.69) is 9.98 Å². The molecule has 0 aliphatic carbocycles. The van der Waals surface area contributed by atoms with Gasteiger partial charge in [-0.05, 0) is 48.5 Å². The molecule has 0 spiro atoms. The molecule has 0 saturated heterocycles. The lowest BCUT2D eigenvalue weighted by atomic mass is 10.2. The van der Waals surface area contributed by atoms with Gasteiger partial charge in [-0.3, -0.25) is 9.98 Å². The second-order valence-corrected chi connectivity index (χ2v) is 6.28. The summed E-state index contributed by atoms with van der Waals surface area (Å²) >= 11 is 11.9. The van der Waals surface area contributed by atoms with E-state index >= 15 is 0 Å². The van der Waals surface area contributed by atoms with Crippen LogP contribution in [0.2, 0.25) is 10.0 Å². The molecular weight excluding hydrogens is 371 g/mol. The number of phenols is 2. The van der Waals surface area contributed by atoms with Crippen LogP contribution in [-0.2, 0) is 0 Å². The van der Waals surface area contributed by atoms with Crippen LogP contribution in [0.25, 0.3) is 0 Å². The van der Waals surface area contributed by atoms with E-state index < -0.39 is 0 Å². The van der Waals surface area contributed by atoms with Crippen LogP contribution in [0.4, 0.5) is 11.4 Å². The summed E-state index contributed by atoms with van der Waals surface area (Å²) in [6, 6.07) is 16.7. The first-order valence-electron chi connectivity index (χ1n) is 7.67. The third kappa shape index (κ3) is 4.42. The first-order valence-corrected chi connectivity index (χ1v) is 8.43. The SMILES string of the molecule is Oc1ccc(Cl)cc1C=Nc1ccccc1N=Cc1cc(Cl)ccc1O. The monoisotopic (exact) mass is 384 g/mol. The minimum Gasteiger partial charge on any atom is -0.507 e. The van der Waals surface area contributed by atoms with Gasteiger partial charge in [0.15, 0.2) is 0 Å². The molecule has 130 valence electrons. The van der Waals surface area contributed by atoms with Crippen molar-refractivity contribution in [1.82, 2.24) is 0 Å². The molecule has 0 amide bonds. The third-order valence-corrected chi connectivity index (χ3v) is 4.02. The number of halogens is 2. The van der Waals surface area contributed by atoms with Gasteiger partial charge in [-0.15, -0.1) is 0 Å². The maximum Gasteiger partial charge on any atom is 0.124 e. The van der Waals surface area contributed by atoms with Gasteiger partial charge < -0.3 is 10.2 Å². The van der Waals surface area contributed by atoms with Gasteiger partial charge in [0.05, 0.1) is 11.4 Å². The van der Waals surface area contributed by atoms with Crippen molar-refractivity contribution in [1.29, 1.82) is 0 Å². The molecule has 0 bridgehead atoms. The highest BCUT2D eigenvalue weighted by atomic mass is 35.5. The van der Waals surface area contributed by atoms with Gasteiger partial charge in [0.2, 0.25) is 0 Å². The molecule has 0 fully saturated rings. The Labute approximate surface area is 160 Å². The molecule has 0 heterocycles. The zero-order valence-corrected chi connectivity index (χ0v) is 15.0. The van der Waals surface area contributed by atoms with E-state index in [0.29, 0.717) is 32.5 Å². The van der Waals surface area contributed by atoms with Gasteiger partial charge in [0.25, 0.3) is 0 Å². The smallest absolute Gasteiger partial charge is 0.124 e. The van der Waals surface area contributed by atoms with Crippen molar-refractivity contribution in [3.63, 3.8) is 0 Å². The van der Waals surface area contributed by atoms with Crippen LogP contribution in [0.5, 0.6) is 11.5 Å². The van der Waals surface area contributed by atoms with Gasteiger partial charge in [-0.25, -0.2) is 0 Å². The molecule has 3 rings (SSSR count). The molecule has 0 atom stereocenters. The first-order chi connectivity index (χ1) is 12.5. The van der Waals surface area contributed by atoms with E-state index in [4.69, 9.17) is 23.2 Å². The third-order valence-electron chi connectivity index (χ3n) is 3.55. The number of phenolic OH excluding ortho intramolecular Hbond substituents is 2. The second kappa shape index (κ2) is 8.04. The predicted octanol–water partition coefficient (Wildman–Crippen LogP) is 5.91. The van der Waals surface area contributed by atoms with Crippen molar-refractivity contribution in [3.05, 3.63) is 81.8 Å². The maximum absolute atomic E-state index is 9.87. The van der Waals surface area contributed by atoms with Gasteiger partial charge in [0.1, 0.15) is 11.5 Å². The molecule has 0 aliphatic rings. The summed E-state index contributed by atoms with van der Waals surface area (Å²) in [5.74, 6) is 0.172. The molecule has 26 heavy (non-hydrogen) atoms. The predicted molar refractivity (Wildman–Crippen MR) is 107 cm³/mol. The second-order valence-electron chi connectivity index (χ2n) is 5.41. The summed E-state index contributed by atoms with van der Waals surface area (Å²) < 4.78 is 0. The Morgan fingerprint density at radius 1 is 0.654 bits per heavy atom. The molecule has 0 aliphatic heterocycles. The molecule has 0 saturated carbocycles. The molecule has 3 aromatic rings. The van der Waals surface area contributed by atoms with Crippen molar-refractivity contribution in [3.8, 4) is 11.5 Å². The zero-order chi connectivity index (χ0) is 18.5. The first kappa shape index (κ1) is 18.0. The Kier molecular flexibility index (Phi) is 5.56. The Hall–Kier alpha value is -2.82. The number of hydrogen-bond donors (Lipinski definition) is 2. The lowest BCUT2D eigenvalue weighted by molar-refractivity contribution is 0.474. The van der Waals surface area contributed by atoms with Crippen LogP contribution >= 0.6 is 23.2 Å². The topological polar surface area (TPSA) is 65.2 Å². The molecule has 6 heteroatoms. The van der Waals surface area contributed by atoms with E-state index in [-0.39, 0.29) is 11.5 Å². The van der Waals surface area contributed by atoms with Crippen LogP contribution in [-0.4, -0.2) is 22.6 Å². The standard InChI is InChI=1S/C20H14Cl2N2O2/c21-15-5-7-19(25)13(9-15)11-23-17-3-1-2-4-18(17)24-12-14-10-16(22)6-8-20(14)26/h1-12,25-26H. The molecule has 4 nitrogen and oxygen atoms in total. The summed E-state index contributed by atoms with van der Waals surface area (Å²) in [5, 5.41) is 20.8. The highest BCUT2D eigenvalue weighted by Crippen LogP contribution is 2.29. The molecule has 0 radical (unpaired) electrons. The molecule has 0 unspecified atom stereocenters.